The van der Waals surface area contributed by atoms with Crippen molar-refractivity contribution < 1.29 is 13.2 Å². The maximum absolute atomic E-state index is 12.1. The lowest BCUT2D eigenvalue weighted by atomic mass is 9.99. The zero-order valence-corrected chi connectivity index (χ0v) is 12.2. The van der Waals surface area contributed by atoms with E-state index in [0.717, 1.165) is 37.5 Å². The summed E-state index contributed by atoms with van der Waals surface area (Å²) in [7, 11) is -3.38. The molecule has 1 aromatic carbocycles. The largest absolute Gasteiger partial charge is 0.320 e. The maximum atomic E-state index is 12.1. The van der Waals surface area contributed by atoms with E-state index in [2.05, 4.69) is 10.0 Å². The van der Waals surface area contributed by atoms with Crippen molar-refractivity contribution in [1.82, 2.24) is 0 Å². The molecular formula is C14H18N2O3S. The lowest BCUT2D eigenvalue weighted by molar-refractivity contribution is -0.113. The van der Waals surface area contributed by atoms with Crippen LogP contribution in [-0.2, 0) is 14.8 Å². The first-order valence-corrected chi connectivity index (χ1v) is 8.42. The fourth-order valence-electron chi connectivity index (χ4n) is 2.13. The summed E-state index contributed by atoms with van der Waals surface area (Å²) in [5.41, 5.74) is 1.61. The summed E-state index contributed by atoms with van der Waals surface area (Å²) in [5.74, 6) is -0.160. The van der Waals surface area contributed by atoms with Crippen LogP contribution < -0.4 is 10.0 Å². The lowest BCUT2D eigenvalue weighted by Crippen LogP contribution is -2.18. The van der Waals surface area contributed by atoms with Crippen LogP contribution >= 0.6 is 0 Å². The molecule has 6 heteroatoms. The van der Waals surface area contributed by atoms with Gasteiger partial charge >= 0.3 is 0 Å². The van der Waals surface area contributed by atoms with E-state index in [4.69, 9.17) is 0 Å². The molecule has 2 N–H and O–H groups in total. The third-order valence-electron chi connectivity index (χ3n) is 3.05. The van der Waals surface area contributed by atoms with E-state index in [1.54, 1.807) is 24.3 Å². The average molecular weight is 294 g/mol. The number of benzene rings is 1. The predicted molar refractivity (Wildman–Crippen MR) is 80.1 cm³/mol. The molecule has 1 aliphatic rings. The second-order valence-corrected chi connectivity index (χ2v) is 6.60. The molecular weight excluding hydrogens is 276 g/mol. The fraction of sp³-hybridized carbons (Fsp3) is 0.357. The molecule has 2 rings (SSSR count). The van der Waals surface area contributed by atoms with Crippen molar-refractivity contribution in [1.29, 1.82) is 0 Å². The van der Waals surface area contributed by atoms with Gasteiger partial charge in [0.2, 0.25) is 10.0 Å². The Kier molecular flexibility index (Phi) is 4.44. The van der Waals surface area contributed by atoms with E-state index in [-0.39, 0.29) is 5.91 Å². The minimum absolute atomic E-state index is 0.160. The van der Waals surface area contributed by atoms with Gasteiger partial charge in [-0.05, 0) is 37.8 Å². The Labute approximate surface area is 119 Å². The van der Waals surface area contributed by atoms with Gasteiger partial charge in [0.1, 0.15) is 0 Å². The molecule has 1 aliphatic carbocycles. The maximum Gasteiger partial charge on any atom is 0.251 e. The molecule has 1 aromatic rings. The topological polar surface area (TPSA) is 75.3 Å². The van der Waals surface area contributed by atoms with Crippen LogP contribution in [0.15, 0.2) is 35.9 Å². The summed E-state index contributed by atoms with van der Waals surface area (Å²) in [6.45, 7) is 0. The molecule has 108 valence electrons. The van der Waals surface area contributed by atoms with Crippen LogP contribution in [-0.4, -0.2) is 20.6 Å². The van der Waals surface area contributed by atoms with Crippen LogP contribution in [0.2, 0.25) is 0 Å². The Morgan fingerprint density at radius 3 is 2.45 bits per heavy atom. The smallest absolute Gasteiger partial charge is 0.251 e. The highest BCUT2D eigenvalue weighted by molar-refractivity contribution is 7.92. The number of carbonyl (C=O) groups is 1. The summed E-state index contributed by atoms with van der Waals surface area (Å²) in [6, 6.07) is 6.75. The third kappa shape index (κ3) is 4.09. The van der Waals surface area contributed by atoms with Crippen molar-refractivity contribution in [3.05, 3.63) is 35.9 Å². The first-order valence-electron chi connectivity index (χ1n) is 6.53. The van der Waals surface area contributed by atoms with Gasteiger partial charge in [-0.15, -0.1) is 0 Å². The van der Waals surface area contributed by atoms with Gasteiger partial charge in [0.25, 0.3) is 5.91 Å². The minimum atomic E-state index is -3.38. The first-order chi connectivity index (χ1) is 9.46. The molecule has 0 bridgehead atoms. The lowest BCUT2D eigenvalue weighted by Gasteiger charge is -2.15. The minimum Gasteiger partial charge on any atom is -0.320 e. The summed E-state index contributed by atoms with van der Waals surface area (Å²) >= 11 is 0. The van der Waals surface area contributed by atoms with Crippen molar-refractivity contribution in [3.8, 4) is 0 Å². The number of anilines is 2. The summed E-state index contributed by atoms with van der Waals surface area (Å²) < 4.78 is 25.0. The Bertz CT molecular complexity index is 636. The number of nitrogens with one attached hydrogen (secondary N) is 2. The highest BCUT2D eigenvalue weighted by atomic mass is 32.2. The number of carbonyl (C=O) groups excluding carboxylic acids is 1. The Balaban J connectivity index is 2.17. The number of amides is 1. The third-order valence-corrected chi connectivity index (χ3v) is 3.64. The van der Waals surface area contributed by atoms with E-state index in [0.29, 0.717) is 11.4 Å². The van der Waals surface area contributed by atoms with Crippen molar-refractivity contribution in [2.75, 3.05) is 16.3 Å². The van der Waals surface area contributed by atoms with E-state index in [1.807, 2.05) is 6.08 Å². The van der Waals surface area contributed by atoms with Crippen LogP contribution in [0, 0.1) is 0 Å². The number of rotatable bonds is 4. The Hall–Kier alpha value is -1.82. The molecule has 0 saturated heterocycles. The molecule has 0 heterocycles. The van der Waals surface area contributed by atoms with Crippen molar-refractivity contribution in [2.24, 2.45) is 0 Å². The quantitative estimate of drug-likeness (QED) is 0.896. The Morgan fingerprint density at radius 2 is 1.85 bits per heavy atom. The molecule has 0 saturated carbocycles. The average Bonchev–Trinajstić information content (AvgIpc) is 2.40. The SMILES string of the molecule is CS(=O)(=O)Nc1ccccc1NC(=O)C1=CCCCC1. The van der Waals surface area contributed by atoms with Gasteiger partial charge in [-0.3, -0.25) is 9.52 Å². The van der Waals surface area contributed by atoms with Crippen LogP contribution in [0.5, 0.6) is 0 Å². The molecule has 0 aromatic heterocycles. The molecule has 0 spiro atoms. The molecule has 20 heavy (non-hydrogen) atoms. The molecule has 0 atom stereocenters. The van der Waals surface area contributed by atoms with E-state index in [9.17, 15) is 13.2 Å². The highest BCUT2D eigenvalue weighted by Gasteiger charge is 2.14. The van der Waals surface area contributed by atoms with E-state index >= 15 is 0 Å². The predicted octanol–water partition coefficient (Wildman–Crippen LogP) is 2.50. The van der Waals surface area contributed by atoms with Crippen LogP contribution in [0.25, 0.3) is 0 Å². The van der Waals surface area contributed by atoms with E-state index < -0.39 is 10.0 Å². The van der Waals surface area contributed by atoms with Crippen LogP contribution in [0.1, 0.15) is 25.7 Å². The van der Waals surface area contributed by atoms with Crippen molar-refractivity contribution >= 4 is 27.3 Å². The van der Waals surface area contributed by atoms with Crippen LogP contribution in [0.3, 0.4) is 0 Å². The van der Waals surface area contributed by atoms with Crippen molar-refractivity contribution in [3.63, 3.8) is 0 Å². The van der Waals surface area contributed by atoms with Gasteiger partial charge in [0, 0.05) is 5.57 Å². The summed E-state index contributed by atoms with van der Waals surface area (Å²) in [4.78, 5) is 12.1. The molecule has 5 nitrogen and oxygen atoms in total. The number of hydrogen-bond donors (Lipinski definition) is 2. The van der Waals surface area contributed by atoms with Gasteiger partial charge in [-0.25, -0.2) is 8.42 Å². The fourth-order valence-corrected chi connectivity index (χ4v) is 2.71. The van der Waals surface area contributed by atoms with Gasteiger partial charge in [0.15, 0.2) is 0 Å². The second-order valence-electron chi connectivity index (χ2n) is 4.85. The molecule has 0 fully saturated rings. The summed E-state index contributed by atoms with van der Waals surface area (Å²) in [5, 5.41) is 2.77. The van der Waals surface area contributed by atoms with E-state index in [1.165, 1.54) is 0 Å². The van der Waals surface area contributed by atoms with Gasteiger partial charge in [-0.1, -0.05) is 18.2 Å². The highest BCUT2D eigenvalue weighted by Crippen LogP contribution is 2.24. The molecule has 0 radical (unpaired) electrons. The Morgan fingerprint density at radius 1 is 1.15 bits per heavy atom. The first kappa shape index (κ1) is 14.6. The number of sulfonamides is 1. The van der Waals surface area contributed by atoms with Gasteiger partial charge < -0.3 is 5.32 Å². The van der Waals surface area contributed by atoms with Gasteiger partial charge in [-0.2, -0.15) is 0 Å². The standard InChI is InChI=1S/C14H18N2O3S/c1-20(18,19)16-13-10-6-5-9-12(13)15-14(17)11-7-3-2-4-8-11/h5-7,9-10,16H,2-4,8H2,1H3,(H,15,17). The van der Waals surface area contributed by atoms with Crippen molar-refractivity contribution in [2.45, 2.75) is 25.7 Å². The normalized spacial score (nSPS) is 15.3. The number of hydrogen-bond acceptors (Lipinski definition) is 3. The molecule has 0 unspecified atom stereocenters. The van der Waals surface area contributed by atoms with Gasteiger partial charge in [0.05, 0.1) is 17.6 Å². The van der Waals surface area contributed by atoms with Crippen LogP contribution in [0.4, 0.5) is 11.4 Å². The number of allylic oxidation sites excluding steroid dienone is 1. The molecule has 0 aliphatic heterocycles. The summed E-state index contributed by atoms with van der Waals surface area (Å²) in [6.07, 6.45) is 6.85. The zero-order chi connectivity index (χ0) is 14.6. The monoisotopic (exact) mass is 294 g/mol. The second kappa shape index (κ2) is 6.09. The number of para-hydroxylation sites is 2. The zero-order valence-electron chi connectivity index (χ0n) is 11.3. The molecule has 1 amide bonds.